The van der Waals surface area contributed by atoms with Gasteiger partial charge in [0.05, 0.1) is 11.0 Å². The van der Waals surface area contributed by atoms with Gasteiger partial charge in [0, 0.05) is 17.6 Å². The van der Waals surface area contributed by atoms with Gasteiger partial charge < -0.3 is 20.1 Å². The van der Waals surface area contributed by atoms with Gasteiger partial charge in [-0.3, -0.25) is 4.79 Å². The van der Waals surface area contributed by atoms with E-state index in [2.05, 4.69) is 37.2 Å². The number of phenols is 1. The molecule has 150 valence electrons. The van der Waals surface area contributed by atoms with Crippen LogP contribution in [0.4, 0.5) is 0 Å². The molecule has 28 heavy (non-hydrogen) atoms. The first kappa shape index (κ1) is 18.2. The second kappa shape index (κ2) is 6.07. The van der Waals surface area contributed by atoms with Crippen LogP contribution in [0.2, 0.25) is 0 Å². The first-order chi connectivity index (χ1) is 13.4. The van der Waals surface area contributed by atoms with Crippen LogP contribution in [-0.2, 0) is 16.6 Å². The highest BCUT2D eigenvalue weighted by Crippen LogP contribution is 2.63. The maximum atomic E-state index is 13.0. The van der Waals surface area contributed by atoms with Gasteiger partial charge in [0.2, 0.25) is 0 Å². The van der Waals surface area contributed by atoms with Gasteiger partial charge in [-0.05, 0) is 57.5 Å². The Labute approximate surface area is 166 Å². The number of ketones is 1. The lowest BCUT2D eigenvalue weighted by molar-refractivity contribution is -0.130. The molecule has 5 nitrogen and oxygen atoms in total. The summed E-state index contributed by atoms with van der Waals surface area (Å²) in [7, 11) is 2.19. The fourth-order valence-corrected chi connectivity index (χ4v) is 6.43. The van der Waals surface area contributed by atoms with Gasteiger partial charge in [0.25, 0.3) is 0 Å². The van der Waals surface area contributed by atoms with Crippen LogP contribution in [0.25, 0.3) is 0 Å². The fraction of sp³-hybridized carbons (Fsp3) is 0.609. The fourth-order valence-electron chi connectivity index (χ4n) is 6.43. The van der Waals surface area contributed by atoms with Crippen molar-refractivity contribution in [2.75, 3.05) is 13.6 Å². The van der Waals surface area contributed by atoms with Crippen molar-refractivity contribution in [3.8, 4) is 11.5 Å². The highest BCUT2D eigenvalue weighted by Gasteiger charge is 2.71. The number of unbranched alkanes of at least 4 members (excludes halogenated alkanes) is 1. The van der Waals surface area contributed by atoms with Crippen molar-refractivity contribution in [3.63, 3.8) is 0 Å². The lowest BCUT2D eigenvalue weighted by atomic mass is 9.49. The zero-order valence-electron chi connectivity index (χ0n) is 17.0. The van der Waals surface area contributed by atoms with E-state index in [0.717, 1.165) is 31.4 Å². The van der Waals surface area contributed by atoms with E-state index in [0.29, 0.717) is 11.8 Å². The molecule has 5 atom stereocenters. The normalized spacial score (nSPS) is 36.2. The monoisotopic (exact) mass is 382 g/mol. The van der Waals surface area contributed by atoms with Gasteiger partial charge >= 0.3 is 0 Å². The summed E-state index contributed by atoms with van der Waals surface area (Å²) in [6.07, 6.45) is 8.51. The van der Waals surface area contributed by atoms with Crippen LogP contribution >= 0.6 is 0 Å². The summed E-state index contributed by atoms with van der Waals surface area (Å²) < 4.78 is 6.24. The Morgan fingerprint density at radius 3 is 3.04 bits per heavy atom. The van der Waals surface area contributed by atoms with Gasteiger partial charge in [0.15, 0.2) is 23.4 Å². The van der Waals surface area contributed by atoms with Crippen LogP contribution < -0.4 is 10.1 Å². The quantitative estimate of drug-likeness (QED) is 0.820. The Hall–Kier alpha value is -1.85. The van der Waals surface area contributed by atoms with Crippen molar-refractivity contribution in [1.29, 1.82) is 0 Å². The lowest BCUT2D eigenvalue weighted by Crippen LogP contribution is -2.80. The molecule has 0 amide bonds. The van der Waals surface area contributed by atoms with E-state index in [9.17, 15) is 9.90 Å². The zero-order chi connectivity index (χ0) is 19.7. The molecule has 2 aliphatic heterocycles. The smallest absolute Gasteiger partial charge is 0.196 e. The summed E-state index contributed by atoms with van der Waals surface area (Å²) in [5.41, 5.74) is 1.49. The van der Waals surface area contributed by atoms with Crippen molar-refractivity contribution in [2.24, 2.45) is 0 Å². The van der Waals surface area contributed by atoms with E-state index in [-0.39, 0.29) is 23.1 Å². The highest BCUT2D eigenvalue weighted by molar-refractivity contribution is 5.99. The number of rotatable bonds is 5. The second-order valence-corrected chi connectivity index (χ2v) is 9.16. The number of likely N-dealkylation sites (N-methyl/N-ethyl adjacent to an activating group) is 1. The minimum atomic E-state index is -0.554. The average Bonchev–Trinajstić information content (AvgIpc) is 3.03. The van der Waals surface area contributed by atoms with Crippen LogP contribution in [0.5, 0.6) is 11.5 Å². The molecule has 1 spiro atoms. The van der Waals surface area contributed by atoms with E-state index in [1.165, 1.54) is 18.4 Å². The molecular weight excluding hydrogens is 352 g/mol. The minimum absolute atomic E-state index is 0.0189. The molecule has 2 heterocycles. The van der Waals surface area contributed by atoms with Gasteiger partial charge in [-0.2, -0.15) is 0 Å². The summed E-state index contributed by atoms with van der Waals surface area (Å²) in [6, 6.07) is 4.34. The molecule has 1 aromatic rings. The summed E-state index contributed by atoms with van der Waals surface area (Å²) in [5.74, 6) is 0.709. The number of hydrogen-bond donors (Lipinski definition) is 2. The highest BCUT2D eigenvalue weighted by atomic mass is 16.5. The topological polar surface area (TPSA) is 61.8 Å². The van der Waals surface area contributed by atoms with Crippen molar-refractivity contribution < 1.29 is 14.6 Å². The Bertz CT molecular complexity index is 866. The Morgan fingerprint density at radius 2 is 2.25 bits per heavy atom. The van der Waals surface area contributed by atoms with Gasteiger partial charge in [0.1, 0.15) is 0 Å². The molecule has 5 rings (SSSR count). The van der Waals surface area contributed by atoms with Gasteiger partial charge in [-0.15, -0.1) is 0 Å². The third-order valence-electron chi connectivity index (χ3n) is 7.67. The number of hydrogen-bond acceptors (Lipinski definition) is 5. The molecule has 1 saturated heterocycles. The van der Waals surface area contributed by atoms with Crippen LogP contribution in [0, 0.1) is 0 Å². The first-order valence-electron chi connectivity index (χ1n) is 10.7. The standard InChI is InChI=1S/C23H30N2O3/c1-4-5-6-14(2)24-23-10-9-17(27)21-22(23)11-12-25(3)18(23)13-15-7-8-16(26)20(28-21)19(15)22/h7-10,14,18,21,24,26H,4-6,11-13H2,1-3H3/t14?,18-,21+,22+,23-/m1/s1. The maximum Gasteiger partial charge on any atom is 0.196 e. The molecular formula is C23H30N2O3. The summed E-state index contributed by atoms with van der Waals surface area (Å²) in [6.45, 7) is 5.40. The SMILES string of the molecule is CCCCC(C)N[C@@]12C=CC(=O)[C@@H]3Oc4c(O)ccc5c4[C@@]31CCN(C)[C@@H]2C5. The number of aromatic hydroxyl groups is 1. The molecule has 1 unspecified atom stereocenters. The third-order valence-corrected chi connectivity index (χ3v) is 7.67. The van der Waals surface area contributed by atoms with Crippen molar-refractivity contribution in [1.82, 2.24) is 10.2 Å². The number of piperidine rings is 1. The number of carbonyl (C=O) groups excluding carboxylic acids is 1. The average molecular weight is 383 g/mol. The zero-order valence-corrected chi connectivity index (χ0v) is 17.0. The summed E-state index contributed by atoms with van der Waals surface area (Å²) >= 11 is 0. The molecule has 2 N–H and O–H groups in total. The molecule has 0 radical (unpaired) electrons. The van der Waals surface area contributed by atoms with Crippen LogP contribution in [-0.4, -0.2) is 53.1 Å². The number of carbonyl (C=O) groups is 1. The van der Waals surface area contributed by atoms with Crippen LogP contribution in [0.15, 0.2) is 24.3 Å². The molecule has 0 saturated carbocycles. The van der Waals surface area contributed by atoms with Gasteiger partial charge in [-0.25, -0.2) is 0 Å². The predicted molar refractivity (Wildman–Crippen MR) is 108 cm³/mol. The molecule has 2 aliphatic carbocycles. The van der Waals surface area contributed by atoms with Crippen LogP contribution in [0.1, 0.15) is 50.7 Å². The Kier molecular flexibility index (Phi) is 3.95. The minimum Gasteiger partial charge on any atom is -0.504 e. The Morgan fingerprint density at radius 1 is 1.43 bits per heavy atom. The molecule has 1 fully saturated rings. The number of ether oxygens (including phenoxy) is 1. The van der Waals surface area contributed by atoms with E-state index in [1.54, 1.807) is 12.1 Å². The van der Waals surface area contributed by atoms with Crippen LogP contribution in [0.3, 0.4) is 0 Å². The molecule has 0 aromatic heterocycles. The molecule has 4 aliphatic rings. The number of benzene rings is 1. The Balaban J connectivity index is 1.73. The summed E-state index contributed by atoms with van der Waals surface area (Å²) in [5, 5.41) is 14.5. The number of nitrogens with zero attached hydrogens (tertiary/aromatic N) is 1. The largest absolute Gasteiger partial charge is 0.504 e. The van der Waals surface area contributed by atoms with Crippen molar-refractivity contribution in [3.05, 3.63) is 35.4 Å². The molecule has 2 bridgehead atoms. The van der Waals surface area contributed by atoms with E-state index < -0.39 is 11.5 Å². The molecule has 5 heteroatoms. The van der Waals surface area contributed by atoms with Crippen molar-refractivity contribution >= 4 is 5.78 Å². The second-order valence-electron chi connectivity index (χ2n) is 9.16. The number of likely N-dealkylation sites (tertiary alicyclic amines) is 1. The maximum absolute atomic E-state index is 13.0. The first-order valence-corrected chi connectivity index (χ1v) is 10.7. The third kappa shape index (κ3) is 2.07. The van der Waals surface area contributed by atoms with E-state index in [4.69, 9.17) is 4.74 Å². The van der Waals surface area contributed by atoms with Crippen molar-refractivity contribution in [2.45, 2.75) is 75.1 Å². The predicted octanol–water partition coefficient (Wildman–Crippen LogP) is 2.70. The van der Waals surface area contributed by atoms with E-state index in [1.807, 2.05) is 6.07 Å². The van der Waals surface area contributed by atoms with E-state index >= 15 is 0 Å². The van der Waals surface area contributed by atoms with Gasteiger partial charge in [-0.1, -0.05) is 31.9 Å². The lowest BCUT2D eigenvalue weighted by Gasteiger charge is -2.63. The number of phenolic OH excluding ortho intramolecular Hbond substituents is 1. The summed E-state index contributed by atoms with van der Waals surface area (Å²) in [4.78, 5) is 15.4. The molecule has 1 aromatic carbocycles. The number of nitrogens with one attached hydrogen (secondary N) is 1.